The minimum absolute atomic E-state index is 0.231. The van der Waals surface area contributed by atoms with Gasteiger partial charge in [-0.25, -0.2) is 0 Å². The van der Waals surface area contributed by atoms with Gasteiger partial charge in [0.2, 0.25) is 0 Å². The molecule has 1 aromatic rings. The lowest BCUT2D eigenvalue weighted by Gasteiger charge is -2.08. The van der Waals surface area contributed by atoms with Gasteiger partial charge in [-0.05, 0) is 54.0 Å². The minimum Gasteiger partial charge on any atom is -0.378 e. The highest BCUT2D eigenvalue weighted by atomic mass is 127. The van der Waals surface area contributed by atoms with Crippen LogP contribution in [0.5, 0.6) is 0 Å². The highest BCUT2D eigenvalue weighted by Gasteiger charge is 2.17. The van der Waals surface area contributed by atoms with Crippen LogP contribution in [0.3, 0.4) is 0 Å². The van der Waals surface area contributed by atoms with Gasteiger partial charge in [0.15, 0.2) is 5.78 Å². The molecule has 86 valence electrons. The van der Waals surface area contributed by atoms with E-state index in [4.69, 9.17) is 4.74 Å². The molecule has 3 heteroatoms. The lowest BCUT2D eigenvalue weighted by Crippen LogP contribution is -2.08. The average molecular weight is 330 g/mol. The molecule has 0 aromatic heterocycles. The number of Topliss-reactive ketones (excluding diaryl/α,β-unsaturated/α-hetero) is 1. The smallest absolute Gasteiger partial charge is 0.163 e. The van der Waals surface area contributed by atoms with Gasteiger partial charge in [0, 0.05) is 22.2 Å². The Bertz CT molecular complexity index is 370. The second kappa shape index (κ2) is 5.77. The molecule has 1 fully saturated rings. The molecule has 16 heavy (non-hydrogen) atoms. The van der Waals surface area contributed by atoms with Crippen LogP contribution >= 0.6 is 22.6 Å². The van der Waals surface area contributed by atoms with Crippen LogP contribution in [-0.4, -0.2) is 18.5 Å². The highest BCUT2D eigenvalue weighted by Crippen LogP contribution is 2.18. The molecule has 0 N–H and O–H groups in total. The first kappa shape index (κ1) is 12.0. The molecule has 0 saturated carbocycles. The number of carbonyl (C=O) groups is 1. The van der Waals surface area contributed by atoms with Crippen molar-refractivity contribution < 1.29 is 9.53 Å². The number of hydrogen-bond acceptors (Lipinski definition) is 2. The van der Waals surface area contributed by atoms with Crippen LogP contribution < -0.4 is 0 Å². The summed E-state index contributed by atoms with van der Waals surface area (Å²) in [7, 11) is 0. The van der Waals surface area contributed by atoms with Crippen molar-refractivity contribution in [3.05, 3.63) is 33.4 Å². The van der Waals surface area contributed by atoms with E-state index in [2.05, 4.69) is 22.6 Å². The van der Waals surface area contributed by atoms with E-state index in [1.54, 1.807) is 0 Å². The molecular formula is C13H15IO2. The maximum absolute atomic E-state index is 11.9. The molecule has 0 spiro atoms. The van der Waals surface area contributed by atoms with Gasteiger partial charge >= 0.3 is 0 Å². The normalized spacial score (nSPS) is 19.9. The fourth-order valence-corrected chi connectivity index (χ4v) is 2.51. The van der Waals surface area contributed by atoms with Crippen LogP contribution in [0.4, 0.5) is 0 Å². The van der Waals surface area contributed by atoms with E-state index < -0.39 is 0 Å². The SMILES string of the molecule is O=C(CCC1CCCO1)c1cccc(I)c1. The quantitative estimate of drug-likeness (QED) is 0.625. The molecule has 0 amide bonds. The zero-order valence-corrected chi connectivity index (χ0v) is 11.3. The lowest BCUT2D eigenvalue weighted by molar-refractivity contribution is 0.0859. The van der Waals surface area contributed by atoms with Gasteiger partial charge in [0.25, 0.3) is 0 Å². The lowest BCUT2D eigenvalue weighted by atomic mass is 10.0. The molecule has 1 unspecified atom stereocenters. The van der Waals surface area contributed by atoms with Crippen molar-refractivity contribution in [2.45, 2.75) is 31.8 Å². The van der Waals surface area contributed by atoms with Crippen LogP contribution in [0.2, 0.25) is 0 Å². The van der Waals surface area contributed by atoms with Gasteiger partial charge in [-0.2, -0.15) is 0 Å². The van der Waals surface area contributed by atoms with Crippen molar-refractivity contribution in [2.75, 3.05) is 6.61 Å². The maximum Gasteiger partial charge on any atom is 0.163 e. The Morgan fingerprint density at radius 1 is 1.50 bits per heavy atom. The van der Waals surface area contributed by atoms with Crippen molar-refractivity contribution in [2.24, 2.45) is 0 Å². The van der Waals surface area contributed by atoms with Crippen LogP contribution in [0.25, 0.3) is 0 Å². The van der Waals surface area contributed by atoms with E-state index in [0.29, 0.717) is 12.5 Å². The average Bonchev–Trinajstić information content (AvgIpc) is 2.78. The molecule has 1 saturated heterocycles. The second-order valence-corrected chi connectivity index (χ2v) is 5.35. The van der Waals surface area contributed by atoms with Gasteiger partial charge in [-0.1, -0.05) is 12.1 Å². The molecule has 0 bridgehead atoms. The van der Waals surface area contributed by atoms with Gasteiger partial charge in [0.05, 0.1) is 6.10 Å². The number of ketones is 1. The Morgan fingerprint density at radius 2 is 2.38 bits per heavy atom. The molecule has 2 rings (SSSR count). The second-order valence-electron chi connectivity index (χ2n) is 4.11. The highest BCUT2D eigenvalue weighted by molar-refractivity contribution is 14.1. The van der Waals surface area contributed by atoms with Crippen LogP contribution in [0, 0.1) is 3.57 Å². The predicted octanol–water partition coefficient (Wildman–Crippen LogP) is 3.43. The van der Waals surface area contributed by atoms with Crippen molar-refractivity contribution >= 4 is 28.4 Å². The summed E-state index contributed by atoms with van der Waals surface area (Å²) in [5.41, 5.74) is 0.824. The summed E-state index contributed by atoms with van der Waals surface area (Å²) >= 11 is 2.23. The molecular weight excluding hydrogens is 315 g/mol. The standard InChI is InChI=1S/C13H15IO2/c14-11-4-1-3-10(9-11)13(15)7-6-12-5-2-8-16-12/h1,3-4,9,12H,2,5-8H2. The molecule has 1 aliphatic heterocycles. The van der Waals surface area contributed by atoms with Crippen LogP contribution in [0.15, 0.2) is 24.3 Å². The molecule has 1 heterocycles. The fraction of sp³-hybridized carbons (Fsp3) is 0.462. The summed E-state index contributed by atoms with van der Waals surface area (Å²) in [6.45, 7) is 0.863. The van der Waals surface area contributed by atoms with E-state index >= 15 is 0 Å². The summed E-state index contributed by atoms with van der Waals surface area (Å²) in [6, 6.07) is 7.76. The molecule has 1 aliphatic rings. The van der Waals surface area contributed by atoms with Gasteiger partial charge in [0.1, 0.15) is 0 Å². The number of halogens is 1. The summed E-state index contributed by atoms with van der Waals surface area (Å²) in [4.78, 5) is 11.9. The summed E-state index contributed by atoms with van der Waals surface area (Å²) in [5, 5.41) is 0. The Hall–Kier alpha value is -0.420. The van der Waals surface area contributed by atoms with Gasteiger partial charge < -0.3 is 4.74 Å². The minimum atomic E-state index is 0.231. The van der Waals surface area contributed by atoms with Crippen molar-refractivity contribution in [1.29, 1.82) is 0 Å². The van der Waals surface area contributed by atoms with E-state index in [1.807, 2.05) is 24.3 Å². The Balaban J connectivity index is 1.87. The van der Waals surface area contributed by atoms with E-state index in [-0.39, 0.29) is 5.78 Å². The van der Waals surface area contributed by atoms with E-state index in [9.17, 15) is 4.79 Å². The van der Waals surface area contributed by atoms with Gasteiger partial charge in [-0.3, -0.25) is 4.79 Å². The first-order chi connectivity index (χ1) is 7.75. The fourth-order valence-electron chi connectivity index (χ4n) is 1.97. The Morgan fingerprint density at radius 3 is 3.06 bits per heavy atom. The Labute approximate surface area is 110 Å². The molecule has 1 aromatic carbocycles. The topological polar surface area (TPSA) is 26.3 Å². The van der Waals surface area contributed by atoms with Gasteiger partial charge in [-0.15, -0.1) is 0 Å². The zero-order chi connectivity index (χ0) is 11.4. The third kappa shape index (κ3) is 3.28. The zero-order valence-electron chi connectivity index (χ0n) is 9.12. The van der Waals surface area contributed by atoms with Crippen molar-refractivity contribution in [3.63, 3.8) is 0 Å². The number of rotatable bonds is 4. The summed E-state index contributed by atoms with van der Waals surface area (Å²) in [5.74, 6) is 0.231. The predicted molar refractivity (Wildman–Crippen MR) is 71.7 cm³/mol. The molecule has 1 atom stereocenters. The first-order valence-electron chi connectivity index (χ1n) is 5.66. The largest absolute Gasteiger partial charge is 0.378 e. The number of carbonyl (C=O) groups excluding carboxylic acids is 1. The van der Waals surface area contributed by atoms with Crippen molar-refractivity contribution in [1.82, 2.24) is 0 Å². The molecule has 0 radical (unpaired) electrons. The van der Waals surface area contributed by atoms with Crippen LogP contribution in [-0.2, 0) is 4.74 Å². The Kier molecular flexibility index (Phi) is 4.35. The molecule has 0 aliphatic carbocycles. The van der Waals surface area contributed by atoms with E-state index in [1.165, 1.54) is 0 Å². The monoisotopic (exact) mass is 330 g/mol. The third-order valence-corrected chi connectivity index (χ3v) is 3.53. The third-order valence-electron chi connectivity index (χ3n) is 2.86. The number of ether oxygens (including phenoxy) is 1. The first-order valence-corrected chi connectivity index (χ1v) is 6.74. The van der Waals surface area contributed by atoms with E-state index in [0.717, 1.165) is 35.0 Å². The van der Waals surface area contributed by atoms with Crippen LogP contribution in [0.1, 0.15) is 36.0 Å². The summed E-state index contributed by atoms with van der Waals surface area (Å²) in [6.07, 6.45) is 4.03. The maximum atomic E-state index is 11.9. The van der Waals surface area contributed by atoms with Crippen molar-refractivity contribution in [3.8, 4) is 0 Å². The number of benzene rings is 1. The summed E-state index contributed by atoms with van der Waals surface area (Å²) < 4.78 is 6.62. The molecule has 2 nitrogen and oxygen atoms in total. The number of hydrogen-bond donors (Lipinski definition) is 0.